The highest BCUT2D eigenvalue weighted by atomic mass is 16.6. The van der Waals surface area contributed by atoms with E-state index in [1.54, 1.807) is 6.07 Å². The Kier molecular flexibility index (Phi) is 7.74. The zero-order chi connectivity index (χ0) is 27.4. The number of fused-ring (bicyclic) bond motifs is 1. The molecular weight excluding hydrogens is 498 g/mol. The van der Waals surface area contributed by atoms with Crippen LogP contribution in [0.25, 0.3) is 22.2 Å². The molecule has 0 radical (unpaired) electrons. The summed E-state index contributed by atoms with van der Waals surface area (Å²) < 4.78 is 13.7. The van der Waals surface area contributed by atoms with E-state index in [2.05, 4.69) is 9.55 Å². The van der Waals surface area contributed by atoms with Crippen LogP contribution < -0.4 is 16.2 Å². The minimum Gasteiger partial charge on any atom is -0.490 e. The van der Waals surface area contributed by atoms with Gasteiger partial charge in [0, 0.05) is 6.04 Å². The molecular formula is C29H31N5O5. The number of benzene rings is 3. The van der Waals surface area contributed by atoms with Crippen molar-refractivity contribution in [2.45, 2.75) is 44.8 Å². The highest BCUT2D eigenvalue weighted by Crippen LogP contribution is 2.43. The number of ether oxygens (including phenoxy) is 2. The molecule has 1 amide bonds. The number of imidazole rings is 1. The van der Waals surface area contributed by atoms with Crippen LogP contribution >= 0.6 is 0 Å². The Balaban J connectivity index is 1.44. The van der Waals surface area contributed by atoms with E-state index < -0.39 is 16.5 Å². The highest BCUT2D eigenvalue weighted by molar-refractivity contribution is 6.05. The Labute approximate surface area is 225 Å². The van der Waals surface area contributed by atoms with Gasteiger partial charge in [-0.3, -0.25) is 14.9 Å². The van der Waals surface area contributed by atoms with Gasteiger partial charge in [0.05, 0.1) is 41.1 Å². The SMILES string of the molecule is NC(=O)c1c(OCCOCc2ccccc2)cc(-c2ccc3c(c2)ncn3C2CCCCC2)c([N+](=O)[O-])c1N. The Bertz CT molecular complexity index is 1500. The monoisotopic (exact) mass is 529 g/mol. The third-order valence-electron chi connectivity index (χ3n) is 7.18. The predicted octanol–water partition coefficient (Wildman–Crippen LogP) is 5.39. The molecule has 1 aliphatic rings. The molecule has 1 aromatic heterocycles. The number of nitro groups is 1. The molecule has 0 spiro atoms. The molecule has 1 heterocycles. The summed E-state index contributed by atoms with van der Waals surface area (Å²) in [5.41, 5.74) is 14.2. The van der Waals surface area contributed by atoms with E-state index in [9.17, 15) is 14.9 Å². The summed E-state index contributed by atoms with van der Waals surface area (Å²) in [4.78, 5) is 28.3. The van der Waals surface area contributed by atoms with E-state index in [-0.39, 0.29) is 35.8 Å². The fourth-order valence-corrected chi connectivity index (χ4v) is 5.28. The molecule has 0 unspecified atom stereocenters. The van der Waals surface area contributed by atoms with Crippen molar-refractivity contribution in [2.75, 3.05) is 18.9 Å². The lowest BCUT2D eigenvalue weighted by Gasteiger charge is -2.23. The molecule has 39 heavy (non-hydrogen) atoms. The number of primary amides is 1. The Morgan fingerprint density at radius 1 is 1.08 bits per heavy atom. The maximum absolute atomic E-state index is 12.3. The highest BCUT2D eigenvalue weighted by Gasteiger charge is 2.29. The molecule has 1 aliphatic carbocycles. The normalized spacial score (nSPS) is 13.9. The van der Waals surface area contributed by atoms with E-state index >= 15 is 0 Å². The van der Waals surface area contributed by atoms with Crippen LogP contribution in [0.3, 0.4) is 0 Å². The third kappa shape index (κ3) is 5.56. The van der Waals surface area contributed by atoms with Gasteiger partial charge in [0.15, 0.2) is 0 Å². The van der Waals surface area contributed by atoms with Crippen LogP contribution in [0.1, 0.15) is 54.1 Å². The Hall–Kier alpha value is -4.44. The van der Waals surface area contributed by atoms with Gasteiger partial charge in [-0.2, -0.15) is 0 Å². The molecule has 4 N–H and O–H groups in total. The first-order chi connectivity index (χ1) is 18.9. The smallest absolute Gasteiger partial charge is 0.300 e. The third-order valence-corrected chi connectivity index (χ3v) is 7.18. The number of carbonyl (C=O) groups excluding carboxylic acids is 1. The fourth-order valence-electron chi connectivity index (χ4n) is 5.28. The topological polar surface area (TPSA) is 149 Å². The van der Waals surface area contributed by atoms with Crippen LogP contribution in [-0.4, -0.2) is 33.6 Å². The fraction of sp³-hybridized carbons (Fsp3) is 0.310. The van der Waals surface area contributed by atoms with E-state index in [1.807, 2.05) is 48.8 Å². The number of nitrogens with two attached hydrogens (primary N) is 2. The summed E-state index contributed by atoms with van der Waals surface area (Å²) in [5.74, 6) is -0.847. The van der Waals surface area contributed by atoms with E-state index in [1.165, 1.54) is 25.3 Å². The zero-order valence-electron chi connectivity index (χ0n) is 21.5. The molecule has 0 aliphatic heterocycles. The zero-order valence-corrected chi connectivity index (χ0v) is 21.5. The summed E-state index contributed by atoms with van der Waals surface area (Å²) >= 11 is 0. The lowest BCUT2D eigenvalue weighted by Crippen LogP contribution is -2.18. The number of aromatic nitrogens is 2. The summed E-state index contributed by atoms with van der Waals surface area (Å²) in [5, 5.41) is 12.1. The van der Waals surface area contributed by atoms with Crippen molar-refractivity contribution in [1.29, 1.82) is 0 Å². The Morgan fingerprint density at radius 3 is 2.56 bits per heavy atom. The maximum Gasteiger partial charge on any atom is 0.300 e. The van der Waals surface area contributed by atoms with Crippen LogP contribution in [0.4, 0.5) is 11.4 Å². The number of amides is 1. The van der Waals surface area contributed by atoms with Crippen molar-refractivity contribution < 1.29 is 19.2 Å². The van der Waals surface area contributed by atoms with Gasteiger partial charge in [0.1, 0.15) is 23.6 Å². The van der Waals surface area contributed by atoms with Crippen molar-refractivity contribution in [2.24, 2.45) is 5.73 Å². The molecule has 0 atom stereocenters. The molecule has 1 fully saturated rings. The molecule has 10 nitrogen and oxygen atoms in total. The summed E-state index contributed by atoms with van der Waals surface area (Å²) in [7, 11) is 0. The van der Waals surface area contributed by atoms with Gasteiger partial charge in [0.25, 0.3) is 5.91 Å². The van der Waals surface area contributed by atoms with E-state index in [0.29, 0.717) is 18.2 Å². The summed E-state index contributed by atoms with van der Waals surface area (Å²) in [6.07, 6.45) is 7.70. The van der Waals surface area contributed by atoms with Gasteiger partial charge in [-0.05, 0) is 42.2 Å². The van der Waals surface area contributed by atoms with Crippen molar-refractivity contribution in [3.8, 4) is 16.9 Å². The van der Waals surface area contributed by atoms with Crippen LogP contribution in [0.2, 0.25) is 0 Å². The lowest BCUT2D eigenvalue weighted by molar-refractivity contribution is -0.383. The van der Waals surface area contributed by atoms with Gasteiger partial charge in [0.2, 0.25) is 0 Å². The molecule has 202 valence electrons. The molecule has 0 saturated heterocycles. The molecule has 3 aromatic carbocycles. The van der Waals surface area contributed by atoms with Gasteiger partial charge in [-0.15, -0.1) is 0 Å². The van der Waals surface area contributed by atoms with Crippen molar-refractivity contribution >= 4 is 28.3 Å². The number of hydrogen-bond donors (Lipinski definition) is 2. The second kappa shape index (κ2) is 11.5. The summed E-state index contributed by atoms with van der Waals surface area (Å²) in [6, 6.07) is 17.1. The van der Waals surface area contributed by atoms with Crippen molar-refractivity contribution in [1.82, 2.24) is 9.55 Å². The quantitative estimate of drug-likeness (QED) is 0.121. The largest absolute Gasteiger partial charge is 0.490 e. The number of carbonyl (C=O) groups is 1. The number of nitrogen functional groups attached to an aromatic ring is 1. The minimum absolute atomic E-state index is 0.0664. The van der Waals surface area contributed by atoms with Crippen LogP contribution in [0, 0.1) is 10.1 Å². The average molecular weight is 530 g/mol. The van der Waals surface area contributed by atoms with Crippen LogP contribution in [-0.2, 0) is 11.3 Å². The molecule has 4 aromatic rings. The summed E-state index contributed by atoms with van der Waals surface area (Å²) in [6.45, 7) is 0.715. The number of rotatable bonds is 10. The lowest BCUT2D eigenvalue weighted by atomic mass is 9.95. The maximum atomic E-state index is 12.3. The van der Waals surface area contributed by atoms with E-state index in [4.69, 9.17) is 20.9 Å². The van der Waals surface area contributed by atoms with E-state index in [0.717, 1.165) is 29.4 Å². The molecule has 0 bridgehead atoms. The van der Waals surface area contributed by atoms with Crippen LogP contribution in [0.15, 0.2) is 60.9 Å². The number of anilines is 1. The minimum atomic E-state index is -0.913. The Morgan fingerprint density at radius 2 is 1.85 bits per heavy atom. The van der Waals surface area contributed by atoms with Crippen LogP contribution in [0.5, 0.6) is 5.75 Å². The van der Waals surface area contributed by atoms with Gasteiger partial charge < -0.3 is 25.5 Å². The standard InChI is InChI=1S/C29H31N5O5/c30-27-26(29(31)35)25(39-14-13-38-17-19-7-3-1-4-8-19)16-22(28(27)34(36)37)20-11-12-24-23(15-20)32-18-33(24)21-9-5-2-6-10-21/h1,3-4,7-8,11-12,15-16,18,21H,2,5-6,9-10,13-14,17,30H2,(H2,31,35). The predicted molar refractivity (Wildman–Crippen MR) is 148 cm³/mol. The molecule has 1 saturated carbocycles. The number of nitrogens with zero attached hydrogens (tertiary/aromatic N) is 3. The van der Waals surface area contributed by atoms with Gasteiger partial charge in [-0.1, -0.05) is 55.7 Å². The first-order valence-electron chi connectivity index (χ1n) is 13.1. The average Bonchev–Trinajstić information content (AvgIpc) is 3.36. The van der Waals surface area contributed by atoms with Gasteiger partial charge >= 0.3 is 5.69 Å². The first-order valence-corrected chi connectivity index (χ1v) is 13.1. The van der Waals surface area contributed by atoms with Gasteiger partial charge in [-0.25, -0.2) is 4.98 Å². The second-order valence-electron chi connectivity index (χ2n) is 9.71. The first kappa shape index (κ1) is 26.2. The number of nitro benzene ring substituents is 1. The number of hydrogen-bond acceptors (Lipinski definition) is 7. The molecule has 5 rings (SSSR count). The second-order valence-corrected chi connectivity index (χ2v) is 9.71. The molecule has 10 heteroatoms. The van der Waals surface area contributed by atoms with Crippen molar-refractivity contribution in [3.63, 3.8) is 0 Å². The van der Waals surface area contributed by atoms with Crippen molar-refractivity contribution in [3.05, 3.63) is 82.2 Å².